The summed E-state index contributed by atoms with van der Waals surface area (Å²) in [6.07, 6.45) is 2.96. The lowest BCUT2D eigenvalue weighted by molar-refractivity contribution is 0.0937. The van der Waals surface area contributed by atoms with Gasteiger partial charge in [0.15, 0.2) is 0 Å². The Hall–Kier alpha value is -1.43. The average Bonchev–Trinajstić information content (AvgIpc) is 2.96. The molecule has 1 atom stereocenters. The molecule has 0 saturated carbocycles. The van der Waals surface area contributed by atoms with Gasteiger partial charge >= 0.3 is 0 Å². The highest BCUT2D eigenvalue weighted by Gasteiger charge is 2.21. The fourth-order valence-electron chi connectivity index (χ4n) is 2.25. The summed E-state index contributed by atoms with van der Waals surface area (Å²) in [4.78, 5) is 18.3. The molecule has 6 heteroatoms. The highest BCUT2D eigenvalue weighted by Crippen LogP contribution is 2.12. The van der Waals surface area contributed by atoms with E-state index in [0.29, 0.717) is 12.5 Å². The van der Waals surface area contributed by atoms with E-state index in [1.165, 1.54) is 0 Å². The summed E-state index contributed by atoms with van der Waals surface area (Å²) >= 11 is 0. The minimum Gasteiger partial charge on any atom is -0.349 e. The van der Waals surface area contributed by atoms with Gasteiger partial charge < -0.3 is 10.2 Å². The van der Waals surface area contributed by atoms with Crippen molar-refractivity contribution in [3.63, 3.8) is 0 Å². The van der Waals surface area contributed by atoms with Crippen molar-refractivity contribution in [3.05, 3.63) is 11.6 Å². The number of nitrogens with one attached hydrogen (secondary N) is 2. The molecule has 1 amide bonds. The van der Waals surface area contributed by atoms with Crippen LogP contribution in [0.25, 0.3) is 0 Å². The van der Waals surface area contributed by atoms with Gasteiger partial charge in [-0.05, 0) is 32.4 Å². The predicted octanol–water partition coefficient (Wildman–Crippen LogP) is 0.439. The standard InChI is InChI=1S/C12H21N5O/c1-3-4-10-14-11(16-15-10)12(18)13-7-9-5-6-17(2)8-9/h9H,3-8H2,1-2H3,(H,13,18)(H,14,15,16). The molecular formula is C12H21N5O. The van der Waals surface area contributed by atoms with Gasteiger partial charge in [-0.2, -0.15) is 0 Å². The third-order valence-corrected chi connectivity index (χ3v) is 3.26. The smallest absolute Gasteiger partial charge is 0.290 e. The van der Waals surface area contributed by atoms with Crippen LogP contribution in [0.2, 0.25) is 0 Å². The van der Waals surface area contributed by atoms with Crippen LogP contribution in [0, 0.1) is 5.92 Å². The molecule has 0 spiro atoms. The highest BCUT2D eigenvalue weighted by molar-refractivity contribution is 5.90. The summed E-state index contributed by atoms with van der Waals surface area (Å²) < 4.78 is 0. The lowest BCUT2D eigenvalue weighted by Crippen LogP contribution is -2.31. The van der Waals surface area contributed by atoms with E-state index >= 15 is 0 Å². The quantitative estimate of drug-likeness (QED) is 0.796. The SMILES string of the molecule is CCCc1nc(C(=O)NCC2CCN(C)C2)n[nH]1. The van der Waals surface area contributed by atoms with Crippen molar-refractivity contribution in [1.29, 1.82) is 0 Å². The molecule has 2 heterocycles. The van der Waals surface area contributed by atoms with E-state index in [2.05, 4.69) is 39.4 Å². The summed E-state index contributed by atoms with van der Waals surface area (Å²) in [7, 11) is 2.11. The van der Waals surface area contributed by atoms with E-state index in [1.807, 2.05) is 0 Å². The van der Waals surface area contributed by atoms with Crippen LogP contribution in [0.1, 0.15) is 36.2 Å². The molecular weight excluding hydrogens is 230 g/mol. The highest BCUT2D eigenvalue weighted by atomic mass is 16.2. The minimum absolute atomic E-state index is 0.178. The second kappa shape index (κ2) is 5.95. The molecule has 1 fully saturated rings. The molecule has 2 rings (SSSR count). The molecule has 18 heavy (non-hydrogen) atoms. The molecule has 6 nitrogen and oxygen atoms in total. The molecule has 1 unspecified atom stereocenters. The van der Waals surface area contributed by atoms with Gasteiger partial charge in [-0.3, -0.25) is 9.89 Å². The maximum Gasteiger partial charge on any atom is 0.290 e. The van der Waals surface area contributed by atoms with E-state index in [0.717, 1.165) is 38.2 Å². The first-order chi connectivity index (χ1) is 8.69. The Balaban J connectivity index is 1.80. The molecule has 1 aliphatic rings. The van der Waals surface area contributed by atoms with Crippen molar-refractivity contribution in [1.82, 2.24) is 25.4 Å². The van der Waals surface area contributed by atoms with Crippen LogP contribution in [-0.4, -0.2) is 52.7 Å². The normalized spacial score (nSPS) is 20.2. The summed E-state index contributed by atoms with van der Waals surface area (Å²) in [5.74, 6) is 1.41. The molecule has 1 aromatic rings. The average molecular weight is 251 g/mol. The number of carbonyl (C=O) groups excluding carboxylic acids is 1. The van der Waals surface area contributed by atoms with Crippen molar-refractivity contribution < 1.29 is 4.79 Å². The Morgan fingerprint density at radius 1 is 1.61 bits per heavy atom. The van der Waals surface area contributed by atoms with E-state index < -0.39 is 0 Å². The third kappa shape index (κ3) is 3.29. The lowest BCUT2D eigenvalue weighted by atomic mass is 10.1. The van der Waals surface area contributed by atoms with E-state index in [-0.39, 0.29) is 11.7 Å². The maximum absolute atomic E-state index is 11.8. The van der Waals surface area contributed by atoms with Gasteiger partial charge in [0.2, 0.25) is 5.82 Å². The van der Waals surface area contributed by atoms with E-state index in [9.17, 15) is 4.79 Å². The zero-order valence-corrected chi connectivity index (χ0v) is 11.1. The number of hydrogen-bond donors (Lipinski definition) is 2. The first-order valence-corrected chi connectivity index (χ1v) is 6.57. The number of aromatic nitrogens is 3. The molecule has 1 aliphatic heterocycles. The topological polar surface area (TPSA) is 73.9 Å². The third-order valence-electron chi connectivity index (χ3n) is 3.26. The second-order valence-electron chi connectivity index (χ2n) is 4.98. The number of nitrogens with zero attached hydrogens (tertiary/aromatic N) is 3. The number of aryl methyl sites for hydroxylation is 1. The molecule has 1 saturated heterocycles. The Kier molecular flexibility index (Phi) is 4.30. The summed E-state index contributed by atoms with van der Waals surface area (Å²) in [5, 5.41) is 9.64. The van der Waals surface area contributed by atoms with Crippen LogP contribution in [0.3, 0.4) is 0 Å². The van der Waals surface area contributed by atoms with Crippen LogP contribution in [0.5, 0.6) is 0 Å². The molecule has 1 aromatic heterocycles. The fourth-order valence-corrected chi connectivity index (χ4v) is 2.25. The predicted molar refractivity (Wildman–Crippen MR) is 68.3 cm³/mol. The summed E-state index contributed by atoms with van der Waals surface area (Å²) in [6, 6.07) is 0. The zero-order chi connectivity index (χ0) is 13.0. The van der Waals surface area contributed by atoms with Crippen molar-refractivity contribution in [3.8, 4) is 0 Å². The fraction of sp³-hybridized carbons (Fsp3) is 0.750. The van der Waals surface area contributed by atoms with Gasteiger partial charge in [0.1, 0.15) is 5.82 Å². The Bertz CT molecular complexity index is 403. The monoisotopic (exact) mass is 251 g/mol. The summed E-state index contributed by atoms with van der Waals surface area (Å²) in [5.41, 5.74) is 0. The largest absolute Gasteiger partial charge is 0.349 e. The number of H-pyrrole nitrogens is 1. The number of amides is 1. The molecule has 0 aromatic carbocycles. The number of hydrogen-bond acceptors (Lipinski definition) is 4. The minimum atomic E-state index is -0.178. The number of likely N-dealkylation sites (tertiary alicyclic amines) is 1. The number of carbonyl (C=O) groups is 1. The first-order valence-electron chi connectivity index (χ1n) is 6.57. The van der Waals surface area contributed by atoms with E-state index in [1.54, 1.807) is 0 Å². The Labute approximate surface area is 107 Å². The van der Waals surface area contributed by atoms with Gasteiger partial charge in [-0.25, -0.2) is 4.98 Å². The van der Waals surface area contributed by atoms with Crippen LogP contribution < -0.4 is 5.32 Å². The number of rotatable bonds is 5. The molecule has 0 radical (unpaired) electrons. The van der Waals surface area contributed by atoms with Crippen molar-refractivity contribution in [2.75, 3.05) is 26.7 Å². The van der Waals surface area contributed by atoms with Gasteiger partial charge in [-0.15, -0.1) is 5.10 Å². The Morgan fingerprint density at radius 2 is 2.44 bits per heavy atom. The van der Waals surface area contributed by atoms with Gasteiger partial charge in [0, 0.05) is 19.5 Å². The first kappa shape index (κ1) is 13.0. The molecule has 2 N–H and O–H groups in total. The van der Waals surface area contributed by atoms with Gasteiger partial charge in [-0.1, -0.05) is 6.92 Å². The molecule has 100 valence electrons. The van der Waals surface area contributed by atoms with E-state index in [4.69, 9.17) is 0 Å². The summed E-state index contributed by atoms with van der Waals surface area (Å²) in [6.45, 7) is 4.94. The second-order valence-corrected chi connectivity index (χ2v) is 4.98. The van der Waals surface area contributed by atoms with Crippen LogP contribution in [0.15, 0.2) is 0 Å². The molecule has 0 bridgehead atoms. The zero-order valence-electron chi connectivity index (χ0n) is 11.1. The van der Waals surface area contributed by atoms with Crippen molar-refractivity contribution in [2.45, 2.75) is 26.2 Å². The lowest BCUT2D eigenvalue weighted by Gasteiger charge is -2.10. The van der Waals surface area contributed by atoms with Crippen LogP contribution in [-0.2, 0) is 6.42 Å². The van der Waals surface area contributed by atoms with Gasteiger partial charge in [0.05, 0.1) is 0 Å². The van der Waals surface area contributed by atoms with Gasteiger partial charge in [0.25, 0.3) is 5.91 Å². The number of aromatic amines is 1. The van der Waals surface area contributed by atoms with Crippen LogP contribution >= 0.6 is 0 Å². The van der Waals surface area contributed by atoms with Crippen molar-refractivity contribution in [2.24, 2.45) is 5.92 Å². The van der Waals surface area contributed by atoms with Crippen LogP contribution in [0.4, 0.5) is 0 Å². The van der Waals surface area contributed by atoms with Crippen molar-refractivity contribution >= 4 is 5.91 Å². The maximum atomic E-state index is 11.8. The molecule has 0 aliphatic carbocycles. The Morgan fingerprint density at radius 3 is 3.11 bits per heavy atom.